The number of nitrogens with one attached hydrogen (secondary N) is 1. The molecule has 2 aromatic heterocycles. The predicted octanol–water partition coefficient (Wildman–Crippen LogP) is 3.07. The number of piperidine rings is 1. The van der Waals surface area contributed by atoms with Crippen molar-refractivity contribution < 1.29 is 4.79 Å². The van der Waals surface area contributed by atoms with Crippen LogP contribution in [0.1, 0.15) is 63.7 Å². The van der Waals surface area contributed by atoms with Gasteiger partial charge in [-0.25, -0.2) is 4.98 Å². The molecule has 0 spiro atoms. The number of amides is 1. The molecule has 3 heterocycles. The maximum absolute atomic E-state index is 12.5. The Morgan fingerprint density at radius 1 is 1.23 bits per heavy atom. The van der Waals surface area contributed by atoms with Gasteiger partial charge in [-0.2, -0.15) is 5.10 Å². The van der Waals surface area contributed by atoms with Gasteiger partial charge in [0.2, 0.25) is 0 Å². The van der Waals surface area contributed by atoms with Crippen molar-refractivity contribution in [2.24, 2.45) is 0 Å². The highest BCUT2D eigenvalue weighted by Gasteiger charge is 2.31. The largest absolute Gasteiger partial charge is 0.338 e. The van der Waals surface area contributed by atoms with Gasteiger partial charge in [0, 0.05) is 29.8 Å². The molecule has 1 aliphatic heterocycles. The maximum Gasteiger partial charge on any atom is 0.263 e. The zero-order chi connectivity index (χ0) is 15.1. The number of likely N-dealkylation sites (tertiary alicyclic amines) is 1. The number of rotatable bonds is 3. The van der Waals surface area contributed by atoms with Gasteiger partial charge in [-0.05, 0) is 44.7 Å². The van der Waals surface area contributed by atoms with Gasteiger partial charge in [-0.15, -0.1) is 11.3 Å². The van der Waals surface area contributed by atoms with Crippen molar-refractivity contribution in [2.75, 3.05) is 13.1 Å². The molecule has 4 rings (SSSR count). The first-order chi connectivity index (χ1) is 10.7. The van der Waals surface area contributed by atoms with Crippen LogP contribution < -0.4 is 0 Å². The first-order valence-electron chi connectivity index (χ1n) is 7.98. The lowest BCUT2D eigenvalue weighted by molar-refractivity contribution is 0.0716. The summed E-state index contributed by atoms with van der Waals surface area (Å²) >= 11 is 1.58. The molecule has 22 heavy (non-hydrogen) atoms. The van der Waals surface area contributed by atoms with E-state index in [4.69, 9.17) is 0 Å². The highest BCUT2D eigenvalue weighted by atomic mass is 32.1. The normalized spacial score (nSPS) is 19.6. The lowest BCUT2D eigenvalue weighted by Gasteiger charge is -2.30. The summed E-state index contributed by atoms with van der Waals surface area (Å²) in [6.45, 7) is 3.65. The summed E-state index contributed by atoms with van der Waals surface area (Å²) in [4.78, 5) is 21.1. The van der Waals surface area contributed by atoms with Gasteiger partial charge in [0.1, 0.15) is 5.82 Å². The molecule has 1 N–H and O–H groups in total. The molecule has 1 amide bonds. The van der Waals surface area contributed by atoms with E-state index in [0.717, 1.165) is 42.5 Å². The SMILES string of the molecule is Cc1ccc(C(=O)N2CCC(c3nc(C4CC4)n[nH]3)CC2)s1. The van der Waals surface area contributed by atoms with Gasteiger partial charge in [0.15, 0.2) is 5.82 Å². The predicted molar refractivity (Wildman–Crippen MR) is 85.3 cm³/mol. The highest BCUT2D eigenvalue weighted by Crippen LogP contribution is 2.38. The quantitative estimate of drug-likeness (QED) is 0.946. The highest BCUT2D eigenvalue weighted by molar-refractivity contribution is 7.13. The first-order valence-corrected chi connectivity index (χ1v) is 8.80. The first kappa shape index (κ1) is 13.9. The Balaban J connectivity index is 1.38. The van der Waals surface area contributed by atoms with Gasteiger partial charge in [0.25, 0.3) is 5.91 Å². The van der Waals surface area contributed by atoms with Crippen LogP contribution >= 0.6 is 11.3 Å². The Morgan fingerprint density at radius 3 is 2.64 bits per heavy atom. The Hall–Kier alpha value is -1.69. The molecule has 1 saturated heterocycles. The van der Waals surface area contributed by atoms with E-state index in [-0.39, 0.29) is 5.91 Å². The molecule has 0 aromatic carbocycles. The molecule has 2 fully saturated rings. The second kappa shape index (κ2) is 5.50. The van der Waals surface area contributed by atoms with E-state index in [1.54, 1.807) is 11.3 Å². The Bertz CT molecular complexity index is 680. The van der Waals surface area contributed by atoms with Crippen molar-refractivity contribution in [3.63, 3.8) is 0 Å². The zero-order valence-corrected chi connectivity index (χ0v) is 13.5. The molecule has 0 atom stereocenters. The lowest BCUT2D eigenvalue weighted by Crippen LogP contribution is -2.37. The number of thiophene rings is 1. The molecule has 0 radical (unpaired) electrons. The van der Waals surface area contributed by atoms with Crippen molar-refractivity contribution in [3.8, 4) is 0 Å². The maximum atomic E-state index is 12.5. The molecule has 1 saturated carbocycles. The van der Waals surface area contributed by atoms with E-state index in [9.17, 15) is 4.79 Å². The third-order valence-electron chi connectivity index (χ3n) is 4.58. The number of carbonyl (C=O) groups excluding carboxylic acids is 1. The summed E-state index contributed by atoms with van der Waals surface area (Å²) in [6.07, 6.45) is 4.39. The fourth-order valence-corrected chi connectivity index (χ4v) is 3.89. The fraction of sp³-hybridized carbons (Fsp3) is 0.562. The number of aryl methyl sites for hydroxylation is 1. The van der Waals surface area contributed by atoms with Gasteiger partial charge in [0.05, 0.1) is 4.88 Å². The van der Waals surface area contributed by atoms with Crippen LogP contribution in [0.3, 0.4) is 0 Å². The van der Waals surface area contributed by atoms with Crippen LogP contribution in [0.25, 0.3) is 0 Å². The molecule has 2 aliphatic rings. The van der Waals surface area contributed by atoms with Crippen LogP contribution in [0.4, 0.5) is 0 Å². The minimum Gasteiger partial charge on any atom is -0.338 e. The number of hydrogen-bond acceptors (Lipinski definition) is 4. The van der Waals surface area contributed by atoms with E-state index >= 15 is 0 Å². The summed E-state index contributed by atoms with van der Waals surface area (Å²) in [5, 5.41) is 7.46. The second-order valence-electron chi connectivity index (χ2n) is 6.33. The molecule has 6 heteroatoms. The molecular formula is C16H20N4OS. The average Bonchev–Trinajstić information content (AvgIpc) is 3.11. The smallest absolute Gasteiger partial charge is 0.263 e. The standard InChI is InChI=1S/C16H20N4OS/c1-10-2-5-13(22-10)16(21)20-8-6-12(7-9-20)15-17-14(18-19-15)11-3-4-11/h2,5,11-12H,3-4,6-9H2,1H3,(H,17,18,19). The summed E-state index contributed by atoms with van der Waals surface area (Å²) < 4.78 is 0. The van der Waals surface area contributed by atoms with Crippen molar-refractivity contribution in [1.29, 1.82) is 0 Å². The van der Waals surface area contributed by atoms with Crippen molar-refractivity contribution in [2.45, 2.75) is 44.4 Å². The monoisotopic (exact) mass is 316 g/mol. The van der Waals surface area contributed by atoms with E-state index in [1.807, 2.05) is 24.0 Å². The molecule has 2 aromatic rings. The topological polar surface area (TPSA) is 61.9 Å². The van der Waals surface area contributed by atoms with Crippen molar-refractivity contribution in [3.05, 3.63) is 33.5 Å². The van der Waals surface area contributed by atoms with Crippen molar-refractivity contribution in [1.82, 2.24) is 20.1 Å². The number of carbonyl (C=O) groups is 1. The van der Waals surface area contributed by atoms with Crippen LogP contribution in [-0.2, 0) is 0 Å². The third-order valence-corrected chi connectivity index (χ3v) is 5.57. The van der Waals surface area contributed by atoms with Crippen LogP contribution in [0.5, 0.6) is 0 Å². The Morgan fingerprint density at radius 2 is 2.00 bits per heavy atom. The number of aromatic amines is 1. The van der Waals surface area contributed by atoms with E-state index in [1.165, 1.54) is 17.7 Å². The molecule has 1 aliphatic carbocycles. The molecule has 0 unspecified atom stereocenters. The number of hydrogen-bond donors (Lipinski definition) is 1. The van der Waals surface area contributed by atoms with E-state index in [0.29, 0.717) is 11.8 Å². The minimum atomic E-state index is 0.174. The minimum absolute atomic E-state index is 0.174. The van der Waals surface area contributed by atoms with Gasteiger partial charge in [-0.3, -0.25) is 9.89 Å². The van der Waals surface area contributed by atoms with Gasteiger partial charge in [-0.1, -0.05) is 0 Å². The summed E-state index contributed by atoms with van der Waals surface area (Å²) in [7, 11) is 0. The van der Waals surface area contributed by atoms with Crippen LogP contribution in [0.2, 0.25) is 0 Å². The average molecular weight is 316 g/mol. The van der Waals surface area contributed by atoms with Crippen molar-refractivity contribution >= 4 is 17.2 Å². The van der Waals surface area contributed by atoms with E-state index < -0.39 is 0 Å². The van der Waals surface area contributed by atoms with Crippen LogP contribution in [0, 0.1) is 6.92 Å². The van der Waals surface area contributed by atoms with Crippen LogP contribution in [-0.4, -0.2) is 39.1 Å². The molecule has 0 bridgehead atoms. The molecular weight excluding hydrogens is 296 g/mol. The Labute approximate surface area is 133 Å². The Kier molecular flexibility index (Phi) is 3.48. The number of nitrogens with zero attached hydrogens (tertiary/aromatic N) is 3. The van der Waals surface area contributed by atoms with Crippen LogP contribution in [0.15, 0.2) is 12.1 Å². The summed E-state index contributed by atoms with van der Waals surface area (Å²) in [6, 6.07) is 3.95. The number of H-pyrrole nitrogens is 1. The molecule has 116 valence electrons. The summed E-state index contributed by atoms with van der Waals surface area (Å²) in [5.74, 6) is 3.18. The fourth-order valence-electron chi connectivity index (χ4n) is 3.06. The zero-order valence-electron chi connectivity index (χ0n) is 12.7. The third kappa shape index (κ3) is 2.67. The van der Waals surface area contributed by atoms with Gasteiger partial charge >= 0.3 is 0 Å². The van der Waals surface area contributed by atoms with Gasteiger partial charge < -0.3 is 4.90 Å². The number of aromatic nitrogens is 3. The summed E-state index contributed by atoms with van der Waals surface area (Å²) in [5.41, 5.74) is 0. The lowest BCUT2D eigenvalue weighted by atomic mass is 9.96. The van der Waals surface area contributed by atoms with E-state index in [2.05, 4.69) is 15.2 Å². The second-order valence-corrected chi connectivity index (χ2v) is 7.62. The molecule has 5 nitrogen and oxygen atoms in total.